The van der Waals surface area contributed by atoms with E-state index in [0.717, 1.165) is 0 Å². The van der Waals surface area contributed by atoms with E-state index in [0.29, 0.717) is 11.1 Å². The zero-order chi connectivity index (χ0) is 14.8. The summed E-state index contributed by atoms with van der Waals surface area (Å²) in [5.41, 5.74) is 1.16. The average Bonchev–Trinajstić information content (AvgIpc) is 2.50. The maximum atomic E-state index is 11.8. The van der Waals surface area contributed by atoms with Crippen molar-refractivity contribution in [3.05, 3.63) is 71.8 Å². The second-order valence-electron chi connectivity index (χ2n) is 3.84. The Kier molecular flexibility index (Phi) is 6.89. The Morgan fingerprint density at radius 3 is 1.35 bits per heavy atom. The maximum absolute atomic E-state index is 11.8. The molecule has 0 bridgehead atoms. The van der Waals surface area contributed by atoms with E-state index in [2.05, 4.69) is 0 Å². The minimum Gasteiger partial charge on any atom is -0.294 e. The number of rotatable bonds is 4. The number of Topliss-reactive ketones (excluding diaryl/α,β-unsaturated/α-hetero) is 2. The van der Waals surface area contributed by atoms with Gasteiger partial charge in [0.2, 0.25) is 0 Å². The number of benzene rings is 2. The molecule has 2 rings (SSSR count). The van der Waals surface area contributed by atoms with Gasteiger partial charge in [-0.05, 0) is 0 Å². The Morgan fingerprint density at radius 2 is 1.05 bits per heavy atom. The van der Waals surface area contributed by atoms with Gasteiger partial charge in [0.15, 0.2) is 11.6 Å². The van der Waals surface area contributed by atoms with E-state index >= 15 is 0 Å². The molecule has 0 atom stereocenters. The number of carbonyl (C=O) groups excluding carboxylic acids is 2. The standard InChI is InChI=1S/C15H12O2.BF2/c16-14(12-7-3-1-4-8-12)11-15(17)13-9-5-2-6-10-13;2-1-3/h1-10H,11H2;. The minimum absolute atomic E-state index is 0.0754. The molecule has 2 aromatic carbocycles. The van der Waals surface area contributed by atoms with Crippen molar-refractivity contribution >= 4 is 19.4 Å². The van der Waals surface area contributed by atoms with E-state index in [1.807, 2.05) is 12.1 Å². The molecule has 2 nitrogen and oxygen atoms in total. The summed E-state index contributed by atoms with van der Waals surface area (Å²) in [5, 5.41) is 0. The first-order valence-corrected chi connectivity index (χ1v) is 5.87. The topological polar surface area (TPSA) is 34.1 Å². The number of ketones is 2. The van der Waals surface area contributed by atoms with Gasteiger partial charge in [-0.2, -0.15) is 0 Å². The largest absolute Gasteiger partial charge is 0.577 e. The van der Waals surface area contributed by atoms with Gasteiger partial charge in [0.05, 0.1) is 6.42 Å². The minimum atomic E-state index is -1.00. The molecule has 0 aliphatic heterocycles. The average molecular weight is 273 g/mol. The lowest BCUT2D eigenvalue weighted by Gasteiger charge is -2.00. The van der Waals surface area contributed by atoms with E-state index in [4.69, 9.17) is 0 Å². The van der Waals surface area contributed by atoms with Crippen molar-refractivity contribution in [1.29, 1.82) is 0 Å². The van der Waals surface area contributed by atoms with Crippen molar-refractivity contribution in [3.63, 3.8) is 0 Å². The van der Waals surface area contributed by atoms with Crippen molar-refractivity contribution < 1.29 is 18.2 Å². The van der Waals surface area contributed by atoms with Crippen LogP contribution in [0, 0.1) is 0 Å². The molecule has 20 heavy (non-hydrogen) atoms. The Hall–Kier alpha value is -2.30. The molecular formula is C15H12BF2O2. The highest BCUT2D eigenvalue weighted by atomic mass is 19.2. The first kappa shape index (κ1) is 15.8. The Balaban J connectivity index is 0.000000612. The van der Waals surface area contributed by atoms with Crippen LogP contribution >= 0.6 is 0 Å². The quantitative estimate of drug-likeness (QED) is 0.484. The summed E-state index contributed by atoms with van der Waals surface area (Å²) >= 11 is 0. The van der Waals surface area contributed by atoms with Gasteiger partial charge < -0.3 is 0 Å². The fourth-order valence-corrected chi connectivity index (χ4v) is 1.60. The van der Waals surface area contributed by atoms with Crippen molar-refractivity contribution in [3.8, 4) is 0 Å². The van der Waals surface area contributed by atoms with E-state index in [1.165, 1.54) is 0 Å². The molecule has 0 heterocycles. The van der Waals surface area contributed by atoms with Crippen LogP contribution in [-0.4, -0.2) is 19.4 Å². The van der Waals surface area contributed by atoms with Crippen LogP contribution < -0.4 is 0 Å². The van der Waals surface area contributed by atoms with Crippen LogP contribution in [0.5, 0.6) is 0 Å². The third-order valence-corrected chi connectivity index (χ3v) is 2.51. The molecule has 101 valence electrons. The summed E-state index contributed by atoms with van der Waals surface area (Å²) in [6.45, 7) is 0. The number of carbonyl (C=O) groups is 2. The summed E-state index contributed by atoms with van der Waals surface area (Å²) in [4.78, 5) is 23.6. The first-order chi connectivity index (χ1) is 9.69. The van der Waals surface area contributed by atoms with Gasteiger partial charge in [-0.25, -0.2) is 0 Å². The number of hydrogen-bond donors (Lipinski definition) is 0. The fourth-order valence-electron chi connectivity index (χ4n) is 1.60. The van der Waals surface area contributed by atoms with Crippen molar-refractivity contribution in [2.24, 2.45) is 0 Å². The second kappa shape index (κ2) is 8.75. The van der Waals surface area contributed by atoms with E-state index in [1.54, 1.807) is 48.5 Å². The van der Waals surface area contributed by atoms with Crippen LogP contribution in [0.25, 0.3) is 0 Å². The summed E-state index contributed by atoms with van der Waals surface area (Å²) in [6.07, 6.45) is -0.0754. The Labute approximate surface area is 116 Å². The maximum Gasteiger partial charge on any atom is 0.577 e. The molecule has 0 fully saturated rings. The first-order valence-electron chi connectivity index (χ1n) is 5.87. The van der Waals surface area contributed by atoms with Gasteiger partial charge in [0.1, 0.15) is 0 Å². The lowest BCUT2D eigenvalue weighted by Crippen LogP contribution is -2.08. The van der Waals surface area contributed by atoms with Gasteiger partial charge in [-0.1, -0.05) is 60.7 Å². The molecular weight excluding hydrogens is 261 g/mol. The predicted molar refractivity (Wildman–Crippen MR) is 74.1 cm³/mol. The van der Waals surface area contributed by atoms with Crippen molar-refractivity contribution in [2.75, 3.05) is 0 Å². The highest BCUT2D eigenvalue weighted by Gasteiger charge is 2.12. The summed E-state index contributed by atoms with van der Waals surface area (Å²) in [5.74, 6) is -0.279. The Bertz CT molecular complexity index is 495. The zero-order valence-corrected chi connectivity index (χ0v) is 10.6. The van der Waals surface area contributed by atoms with Gasteiger partial charge in [0.25, 0.3) is 0 Å². The molecule has 0 aliphatic carbocycles. The summed E-state index contributed by atoms with van der Waals surface area (Å²) in [7, 11) is -1.00. The summed E-state index contributed by atoms with van der Waals surface area (Å²) in [6, 6.07) is 17.7. The Morgan fingerprint density at radius 1 is 0.750 bits per heavy atom. The second-order valence-corrected chi connectivity index (χ2v) is 3.84. The van der Waals surface area contributed by atoms with Gasteiger partial charge in [0, 0.05) is 11.1 Å². The van der Waals surface area contributed by atoms with Crippen molar-refractivity contribution in [2.45, 2.75) is 6.42 Å². The lowest BCUT2D eigenvalue weighted by atomic mass is 10.0. The molecule has 0 saturated heterocycles. The molecule has 2 aromatic rings. The van der Waals surface area contributed by atoms with Crippen LogP contribution in [0.15, 0.2) is 60.7 Å². The van der Waals surface area contributed by atoms with Crippen LogP contribution in [0.1, 0.15) is 27.1 Å². The molecule has 1 radical (unpaired) electrons. The predicted octanol–water partition coefficient (Wildman–Crippen LogP) is 3.60. The molecule has 0 saturated carbocycles. The number of halogens is 2. The smallest absolute Gasteiger partial charge is 0.294 e. The third kappa shape index (κ3) is 5.14. The van der Waals surface area contributed by atoms with Crippen LogP contribution in [0.2, 0.25) is 0 Å². The van der Waals surface area contributed by atoms with E-state index in [9.17, 15) is 18.2 Å². The molecule has 0 N–H and O–H groups in total. The normalized spacial score (nSPS) is 9.10. The molecule has 0 unspecified atom stereocenters. The fraction of sp³-hybridized carbons (Fsp3) is 0.0667. The molecule has 0 spiro atoms. The van der Waals surface area contributed by atoms with Crippen LogP contribution in [0.3, 0.4) is 0 Å². The van der Waals surface area contributed by atoms with Crippen molar-refractivity contribution in [1.82, 2.24) is 0 Å². The zero-order valence-electron chi connectivity index (χ0n) is 10.6. The third-order valence-electron chi connectivity index (χ3n) is 2.51. The van der Waals surface area contributed by atoms with Crippen LogP contribution in [0.4, 0.5) is 8.63 Å². The lowest BCUT2D eigenvalue weighted by molar-refractivity contribution is 0.0894. The highest BCUT2D eigenvalue weighted by molar-refractivity contribution is 6.15. The summed E-state index contributed by atoms with van der Waals surface area (Å²) < 4.78 is 19.0. The number of hydrogen-bond acceptors (Lipinski definition) is 2. The monoisotopic (exact) mass is 273 g/mol. The van der Waals surface area contributed by atoms with Gasteiger partial charge in [-0.3, -0.25) is 18.2 Å². The van der Waals surface area contributed by atoms with Gasteiger partial charge >= 0.3 is 7.83 Å². The molecule has 5 heteroatoms. The molecule has 0 aromatic heterocycles. The van der Waals surface area contributed by atoms with E-state index < -0.39 is 7.83 Å². The van der Waals surface area contributed by atoms with Crippen LogP contribution in [-0.2, 0) is 0 Å². The van der Waals surface area contributed by atoms with E-state index in [-0.39, 0.29) is 18.0 Å². The van der Waals surface area contributed by atoms with Gasteiger partial charge in [-0.15, -0.1) is 0 Å². The highest BCUT2D eigenvalue weighted by Crippen LogP contribution is 2.08. The molecule has 0 aliphatic rings. The SMILES string of the molecule is F[B]F.O=C(CC(=O)c1ccccc1)c1ccccc1. The molecule has 0 amide bonds.